The van der Waals surface area contributed by atoms with Gasteiger partial charge in [0, 0.05) is 6.07 Å². The number of benzene rings is 2. The van der Waals surface area contributed by atoms with Crippen molar-refractivity contribution in [3.05, 3.63) is 42.5 Å². The van der Waals surface area contributed by atoms with Crippen LogP contribution in [-0.2, 0) is 0 Å². The summed E-state index contributed by atoms with van der Waals surface area (Å²) >= 11 is 0. The predicted octanol–water partition coefficient (Wildman–Crippen LogP) is 1.58. The number of quaternary nitrogens is 1. The van der Waals surface area contributed by atoms with Gasteiger partial charge in [-0.25, -0.2) is 0 Å². The zero-order valence-electron chi connectivity index (χ0n) is 8.99. The zero-order chi connectivity index (χ0) is 10.2. The molecule has 0 saturated carbocycles. The SMILES string of the molecule is C[N+](C)(C)c1ccc2ccccc2c1.[SnH4]. The second kappa shape index (κ2) is 4.54. The molecule has 0 saturated heterocycles. The summed E-state index contributed by atoms with van der Waals surface area (Å²) in [7, 11) is 6.55. The molecular weight excluding hydrogens is 289 g/mol. The fraction of sp³-hybridized carbons (Fsp3) is 0.231. The second-order valence-corrected chi connectivity index (χ2v) is 4.54. The van der Waals surface area contributed by atoms with E-state index in [1.807, 2.05) is 0 Å². The molecule has 1 nitrogen and oxygen atoms in total. The first kappa shape index (κ1) is 12.5. The zero-order valence-corrected chi connectivity index (χ0v) is 8.99. The molecule has 0 bridgehead atoms. The Morgan fingerprint density at radius 2 is 1.40 bits per heavy atom. The van der Waals surface area contributed by atoms with E-state index in [2.05, 4.69) is 63.6 Å². The van der Waals surface area contributed by atoms with Gasteiger partial charge in [-0.3, -0.25) is 4.48 Å². The van der Waals surface area contributed by atoms with Crippen LogP contribution in [-0.4, -0.2) is 45.1 Å². The van der Waals surface area contributed by atoms with Crippen molar-refractivity contribution >= 4 is 40.4 Å². The topological polar surface area (TPSA) is 0 Å². The summed E-state index contributed by atoms with van der Waals surface area (Å²) < 4.78 is 0.866. The van der Waals surface area contributed by atoms with E-state index in [4.69, 9.17) is 0 Å². The second-order valence-electron chi connectivity index (χ2n) is 4.54. The third-order valence-corrected chi connectivity index (χ3v) is 2.51. The molecule has 0 aliphatic carbocycles. The molecule has 0 fully saturated rings. The molecule has 2 heteroatoms. The van der Waals surface area contributed by atoms with E-state index >= 15 is 0 Å². The molecule has 0 amide bonds. The summed E-state index contributed by atoms with van der Waals surface area (Å²) in [6, 6.07) is 15.1. The Labute approximate surface area is 108 Å². The Kier molecular flexibility index (Phi) is 3.79. The van der Waals surface area contributed by atoms with E-state index in [-0.39, 0.29) is 23.9 Å². The molecule has 0 N–H and O–H groups in total. The van der Waals surface area contributed by atoms with Gasteiger partial charge in [-0.15, -0.1) is 0 Å². The van der Waals surface area contributed by atoms with Crippen LogP contribution in [0.1, 0.15) is 0 Å². The van der Waals surface area contributed by atoms with E-state index in [0.29, 0.717) is 0 Å². The Morgan fingerprint density at radius 1 is 0.800 bits per heavy atom. The van der Waals surface area contributed by atoms with Crippen LogP contribution in [0.5, 0.6) is 0 Å². The summed E-state index contributed by atoms with van der Waals surface area (Å²) in [5.41, 5.74) is 1.34. The molecule has 2 aromatic carbocycles. The molecule has 0 aliphatic heterocycles. The van der Waals surface area contributed by atoms with Crippen LogP contribution in [0.4, 0.5) is 5.69 Å². The quantitative estimate of drug-likeness (QED) is 0.554. The van der Waals surface area contributed by atoms with Gasteiger partial charge in [0.1, 0.15) is 5.69 Å². The van der Waals surface area contributed by atoms with Crippen LogP contribution < -0.4 is 4.48 Å². The van der Waals surface area contributed by atoms with E-state index in [0.717, 1.165) is 4.48 Å². The molecule has 0 radical (unpaired) electrons. The van der Waals surface area contributed by atoms with Crippen molar-refractivity contribution in [3.63, 3.8) is 0 Å². The fourth-order valence-electron chi connectivity index (χ4n) is 1.59. The number of hydrogen-bond acceptors (Lipinski definition) is 0. The maximum atomic E-state index is 2.26. The first-order valence-corrected chi connectivity index (χ1v) is 4.88. The molecule has 2 aromatic rings. The van der Waals surface area contributed by atoms with Gasteiger partial charge in [0.15, 0.2) is 0 Å². The van der Waals surface area contributed by atoms with Gasteiger partial charge in [-0.1, -0.05) is 24.3 Å². The first-order valence-electron chi connectivity index (χ1n) is 4.88. The molecule has 80 valence electrons. The molecule has 0 aromatic heterocycles. The normalized spacial score (nSPS) is 11.1. The Bertz CT molecular complexity index is 457. The molecular formula is C13H20NSn+. The van der Waals surface area contributed by atoms with E-state index in [9.17, 15) is 0 Å². The van der Waals surface area contributed by atoms with E-state index in [1.54, 1.807) is 0 Å². The predicted molar refractivity (Wildman–Crippen MR) is 74.8 cm³/mol. The Balaban J connectivity index is 0.00000112. The van der Waals surface area contributed by atoms with Gasteiger partial charge in [-0.05, 0) is 22.9 Å². The molecule has 0 aliphatic rings. The third-order valence-electron chi connectivity index (χ3n) is 2.51. The molecule has 15 heavy (non-hydrogen) atoms. The number of rotatable bonds is 1. The van der Waals surface area contributed by atoms with Crippen molar-refractivity contribution < 1.29 is 0 Å². The van der Waals surface area contributed by atoms with Crippen LogP contribution in [0.15, 0.2) is 42.5 Å². The van der Waals surface area contributed by atoms with Gasteiger partial charge < -0.3 is 0 Å². The first-order chi connectivity index (χ1) is 6.57. The Hall–Kier alpha value is -0.541. The molecule has 0 atom stereocenters. The number of fused-ring (bicyclic) bond motifs is 1. The summed E-state index contributed by atoms with van der Waals surface area (Å²) in [6.07, 6.45) is 0. The van der Waals surface area contributed by atoms with Crippen LogP contribution in [0.25, 0.3) is 10.8 Å². The van der Waals surface area contributed by atoms with E-state index in [1.165, 1.54) is 16.5 Å². The van der Waals surface area contributed by atoms with Crippen molar-refractivity contribution in [2.45, 2.75) is 0 Å². The van der Waals surface area contributed by atoms with Crippen LogP contribution in [0, 0.1) is 0 Å². The minimum atomic E-state index is 0. The standard InChI is InChI=1S/C13H16N.Sn.4H/c1-14(2,3)13-9-8-11-6-4-5-7-12(11)10-13;;;;;/h4-10H,1-3H3;;;;;/q+1;;;;;. The third kappa shape index (κ3) is 2.73. The monoisotopic (exact) mass is 310 g/mol. The van der Waals surface area contributed by atoms with Crippen molar-refractivity contribution in [1.82, 2.24) is 4.48 Å². The van der Waals surface area contributed by atoms with Crippen molar-refractivity contribution in [1.29, 1.82) is 0 Å². The van der Waals surface area contributed by atoms with Crippen LogP contribution in [0.2, 0.25) is 0 Å². The van der Waals surface area contributed by atoms with Crippen LogP contribution in [0.3, 0.4) is 0 Å². The van der Waals surface area contributed by atoms with Crippen LogP contribution >= 0.6 is 0 Å². The van der Waals surface area contributed by atoms with Gasteiger partial charge in [-0.2, -0.15) is 0 Å². The fourth-order valence-corrected chi connectivity index (χ4v) is 1.59. The van der Waals surface area contributed by atoms with E-state index < -0.39 is 0 Å². The van der Waals surface area contributed by atoms with Crippen molar-refractivity contribution in [3.8, 4) is 0 Å². The van der Waals surface area contributed by atoms with Gasteiger partial charge >= 0.3 is 23.9 Å². The summed E-state index contributed by atoms with van der Waals surface area (Å²) in [5, 5.41) is 2.63. The van der Waals surface area contributed by atoms with Gasteiger partial charge in [0.25, 0.3) is 0 Å². The van der Waals surface area contributed by atoms with Gasteiger partial charge in [0.05, 0.1) is 21.1 Å². The molecule has 0 spiro atoms. The minimum absolute atomic E-state index is 0. The molecule has 2 rings (SSSR count). The van der Waals surface area contributed by atoms with Crippen molar-refractivity contribution in [2.75, 3.05) is 21.1 Å². The summed E-state index contributed by atoms with van der Waals surface area (Å²) in [6.45, 7) is 0. The average Bonchev–Trinajstić information content (AvgIpc) is 2.16. The maximum absolute atomic E-state index is 2.26. The molecule has 0 unspecified atom stereocenters. The summed E-state index contributed by atoms with van der Waals surface area (Å²) in [5.74, 6) is 0. The average molecular weight is 309 g/mol. The van der Waals surface area contributed by atoms with Crippen molar-refractivity contribution in [2.24, 2.45) is 0 Å². The molecule has 0 heterocycles. The van der Waals surface area contributed by atoms with Gasteiger partial charge in [0.2, 0.25) is 0 Å². The number of hydrogen-bond donors (Lipinski definition) is 0. The summed E-state index contributed by atoms with van der Waals surface area (Å²) in [4.78, 5) is 0. The Morgan fingerprint density at radius 3 is 2.00 bits per heavy atom. The number of nitrogens with zero attached hydrogens (tertiary/aromatic N) is 1.